The van der Waals surface area contributed by atoms with Crippen molar-refractivity contribution in [3.63, 3.8) is 0 Å². The van der Waals surface area contributed by atoms with Gasteiger partial charge in [0.2, 0.25) is 0 Å². The van der Waals surface area contributed by atoms with Gasteiger partial charge in [0, 0.05) is 19.3 Å². The molecule has 0 radical (unpaired) electrons. The highest BCUT2D eigenvalue weighted by Gasteiger charge is 2.33. The fourth-order valence-corrected chi connectivity index (χ4v) is 5.35. The summed E-state index contributed by atoms with van der Waals surface area (Å²) >= 11 is 1.41. The van der Waals surface area contributed by atoms with Crippen LogP contribution in [-0.2, 0) is 9.84 Å². The van der Waals surface area contributed by atoms with Crippen LogP contribution >= 0.6 is 11.8 Å². The second kappa shape index (κ2) is 7.75. The molecule has 0 saturated carbocycles. The Kier molecular flexibility index (Phi) is 5.62. The molecule has 2 heterocycles. The van der Waals surface area contributed by atoms with Crippen LogP contribution in [0.3, 0.4) is 0 Å². The summed E-state index contributed by atoms with van der Waals surface area (Å²) in [5.41, 5.74) is 0.542. The van der Waals surface area contributed by atoms with Crippen LogP contribution in [0.15, 0.2) is 52.5 Å². The number of hydrogen-bond acceptors (Lipinski definition) is 5. The minimum Gasteiger partial charge on any atom is -0.338 e. The highest BCUT2D eigenvalue weighted by atomic mass is 32.2. The molecule has 1 amide bonds. The highest BCUT2D eigenvalue weighted by Crippen LogP contribution is 2.26. The molecule has 0 aliphatic carbocycles. The first-order chi connectivity index (χ1) is 12.4. The number of likely N-dealkylation sites (tertiary alicyclic amines) is 1. The van der Waals surface area contributed by atoms with E-state index < -0.39 is 20.9 Å². The summed E-state index contributed by atoms with van der Waals surface area (Å²) in [5, 5.41) is 0.101. The molecule has 2 aromatic rings. The molecule has 1 aromatic carbocycles. The number of benzene rings is 1. The maximum absolute atomic E-state index is 13.0. The molecule has 1 fully saturated rings. The van der Waals surface area contributed by atoms with Gasteiger partial charge in [-0.2, -0.15) is 0 Å². The fourth-order valence-electron chi connectivity index (χ4n) is 3.07. The topological polar surface area (TPSA) is 67.3 Å². The number of rotatable bonds is 4. The molecule has 0 atom stereocenters. The quantitative estimate of drug-likeness (QED) is 0.589. The van der Waals surface area contributed by atoms with Crippen molar-refractivity contribution in [1.29, 1.82) is 0 Å². The maximum atomic E-state index is 13.0. The lowest BCUT2D eigenvalue weighted by Gasteiger charge is -2.32. The van der Waals surface area contributed by atoms with Crippen LogP contribution in [0.25, 0.3) is 0 Å². The Labute approximate surface area is 156 Å². The van der Waals surface area contributed by atoms with Gasteiger partial charge in [0.1, 0.15) is 10.8 Å². The van der Waals surface area contributed by atoms with E-state index in [1.54, 1.807) is 23.2 Å². The molecule has 0 unspecified atom stereocenters. The van der Waals surface area contributed by atoms with Crippen molar-refractivity contribution in [2.75, 3.05) is 19.3 Å². The lowest BCUT2D eigenvalue weighted by atomic mass is 10.1. The molecular weight excluding hydrogens is 375 g/mol. The van der Waals surface area contributed by atoms with E-state index in [1.807, 2.05) is 6.26 Å². The summed E-state index contributed by atoms with van der Waals surface area (Å²) in [7, 11) is -3.53. The molecule has 26 heavy (non-hydrogen) atoms. The number of thioether (sulfide) groups is 1. The molecule has 1 aromatic heterocycles. The maximum Gasteiger partial charge on any atom is 0.256 e. The number of amides is 1. The number of piperidine rings is 1. The van der Waals surface area contributed by atoms with Gasteiger partial charge >= 0.3 is 0 Å². The average Bonchev–Trinajstić information content (AvgIpc) is 2.68. The Bertz CT molecular complexity index is 893. The van der Waals surface area contributed by atoms with Gasteiger partial charge in [-0.15, -0.1) is 11.8 Å². The first-order valence-electron chi connectivity index (χ1n) is 8.21. The minimum absolute atomic E-state index is 0.125. The van der Waals surface area contributed by atoms with Gasteiger partial charge in [-0.3, -0.25) is 4.79 Å². The van der Waals surface area contributed by atoms with Gasteiger partial charge < -0.3 is 4.90 Å². The number of nitrogens with zero attached hydrogens (tertiary/aromatic N) is 2. The van der Waals surface area contributed by atoms with Gasteiger partial charge in [-0.25, -0.2) is 17.8 Å². The van der Waals surface area contributed by atoms with E-state index in [0.29, 0.717) is 36.5 Å². The number of carbonyl (C=O) groups is 1. The second-order valence-electron chi connectivity index (χ2n) is 6.05. The molecule has 8 heteroatoms. The zero-order valence-electron chi connectivity index (χ0n) is 14.3. The minimum atomic E-state index is -3.53. The van der Waals surface area contributed by atoms with Crippen molar-refractivity contribution >= 4 is 27.5 Å². The first kappa shape index (κ1) is 18.8. The van der Waals surface area contributed by atoms with Crippen LogP contribution in [0.2, 0.25) is 0 Å². The van der Waals surface area contributed by atoms with E-state index in [2.05, 4.69) is 4.98 Å². The van der Waals surface area contributed by atoms with Gasteiger partial charge in [0.15, 0.2) is 9.84 Å². The van der Waals surface area contributed by atoms with Crippen LogP contribution in [0.5, 0.6) is 0 Å². The first-order valence-corrected chi connectivity index (χ1v) is 11.0. The van der Waals surface area contributed by atoms with Gasteiger partial charge in [-0.05, 0) is 55.5 Å². The zero-order chi connectivity index (χ0) is 18.7. The fraction of sp³-hybridized carbons (Fsp3) is 0.333. The largest absolute Gasteiger partial charge is 0.338 e. The van der Waals surface area contributed by atoms with Crippen LogP contribution < -0.4 is 0 Å². The predicted octanol–water partition coefficient (Wildman–Crippen LogP) is 3.02. The second-order valence-corrected chi connectivity index (χ2v) is 9.07. The Morgan fingerprint density at radius 2 is 1.85 bits per heavy atom. The third-order valence-corrected chi connectivity index (χ3v) is 7.50. The smallest absolute Gasteiger partial charge is 0.256 e. The van der Waals surface area contributed by atoms with Crippen LogP contribution in [0.1, 0.15) is 23.2 Å². The average molecular weight is 394 g/mol. The Morgan fingerprint density at radius 1 is 1.19 bits per heavy atom. The number of hydrogen-bond donors (Lipinski definition) is 0. The highest BCUT2D eigenvalue weighted by molar-refractivity contribution is 7.98. The molecule has 0 bridgehead atoms. The Morgan fingerprint density at radius 3 is 2.46 bits per heavy atom. The van der Waals surface area contributed by atoms with Crippen LogP contribution in [0, 0.1) is 5.82 Å². The van der Waals surface area contributed by atoms with Crippen molar-refractivity contribution in [3.8, 4) is 0 Å². The molecule has 1 aliphatic rings. The molecule has 3 rings (SSSR count). The Hall–Kier alpha value is -1.93. The van der Waals surface area contributed by atoms with E-state index in [4.69, 9.17) is 0 Å². The number of halogens is 1. The third-order valence-electron chi connectivity index (χ3n) is 4.51. The Balaban J connectivity index is 1.71. The summed E-state index contributed by atoms with van der Waals surface area (Å²) in [6.45, 7) is 0.735. The molecule has 0 spiro atoms. The summed E-state index contributed by atoms with van der Waals surface area (Å²) in [6, 6.07) is 8.35. The lowest BCUT2D eigenvalue weighted by molar-refractivity contribution is 0.0721. The predicted molar refractivity (Wildman–Crippen MR) is 98.5 cm³/mol. The zero-order valence-corrected chi connectivity index (χ0v) is 15.9. The van der Waals surface area contributed by atoms with Crippen LogP contribution in [-0.4, -0.2) is 48.8 Å². The lowest BCUT2D eigenvalue weighted by Crippen LogP contribution is -2.42. The summed E-state index contributed by atoms with van der Waals surface area (Å²) in [5.74, 6) is -0.592. The molecular formula is C18H19FN2O3S2. The summed E-state index contributed by atoms with van der Waals surface area (Å²) in [4.78, 5) is 18.7. The normalized spacial score (nSPS) is 15.8. The molecule has 1 aliphatic heterocycles. The van der Waals surface area contributed by atoms with E-state index in [1.165, 1.54) is 23.9 Å². The van der Waals surface area contributed by atoms with Crippen molar-refractivity contribution in [1.82, 2.24) is 9.88 Å². The van der Waals surface area contributed by atoms with Crippen molar-refractivity contribution in [2.24, 2.45) is 0 Å². The monoisotopic (exact) mass is 394 g/mol. The summed E-state index contributed by atoms with van der Waals surface area (Å²) < 4.78 is 38.4. The number of sulfone groups is 1. The van der Waals surface area contributed by atoms with Crippen molar-refractivity contribution < 1.29 is 17.6 Å². The van der Waals surface area contributed by atoms with E-state index in [9.17, 15) is 17.6 Å². The molecule has 138 valence electrons. The number of carbonyl (C=O) groups excluding carboxylic acids is 1. The van der Waals surface area contributed by atoms with Crippen LogP contribution in [0.4, 0.5) is 4.39 Å². The van der Waals surface area contributed by atoms with Gasteiger partial charge in [0.05, 0.1) is 15.7 Å². The third kappa shape index (κ3) is 3.76. The molecule has 5 nitrogen and oxygen atoms in total. The number of aromatic nitrogens is 1. The molecule has 1 saturated heterocycles. The van der Waals surface area contributed by atoms with Crippen molar-refractivity contribution in [3.05, 3.63) is 54.0 Å². The summed E-state index contributed by atoms with van der Waals surface area (Å²) in [6.07, 6.45) is 4.23. The van der Waals surface area contributed by atoms with E-state index in [0.717, 1.165) is 12.1 Å². The SMILES string of the molecule is CSc1ncccc1C(=O)N1CCC(S(=O)(=O)c2ccc(F)cc2)CC1. The van der Waals surface area contributed by atoms with Crippen molar-refractivity contribution in [2.45, 2.75) is 28.0 Å². The molecule has 0 N–H and O–H groups in total. The standard InChI is InChI=1S/C18H19FN2O3S2/c1-25-17-16(3-2-10-20-17)18(22)21-11-8-15(9-12-21)26(23,24)14-6-4-13(19)5-7-14/h2-7,10,15H,8-9,11-12H2,1H3. The van der Waals surface area contributed by atoms with Gasteiger partial charge in [-0.1, -0.05) is 0 Å². The van der Waals surface area contributed by atoms with E-state index >= 15 is 0 Å². The number of pyridine rings is 1. The van der Waals surface area contributed by atoms with E-state index in [-0.39, 0.29) is 10.8 Å². The van der Waals surface area contributed by atoms with Gasteiger partial charge in [0.25, 0.3) is 5.91 Å².